The first kappa shape index (κ1) is 9.33. The van der Waals surface area contributed by atoms with Crippen LogP contribution in [0.5, 0.6) is 0 Å². The Morgan fingerprint density at radius 2 is 2.33 bits per heavy atom. The average Bonchev–Trinajstić information content (AvgIpc) is 2.30. The van der Waals surface area contributed by atoms with Crippen LogP contribution in [-0.4, -0.2) is 16.8 Å². The lowest BCUT2D eigenvalue weighted by Gasteiger charge is -2.22. The number of hydrogen-bond acceptors (Lipinski definition) is 2. The lowest BCUT2D eigenvalue weighted by molar-refractivity contribution is 0.0116. The van der Waals surface area contributed by atoms with Gasteiger partial charge in [0.05, 0.1) is 5.76 Å². The summed E-state index contributed by atoms with van der Waals surface area (Å²) in [6, 6.07) is 0. The molecule has 12 heavy (non-hydrogen) atoms. The standard InChI is InChI=1S/C10H16O2/c1-5-10(4)9(11)6-8(12-10)7(2)3/h5,9,11H,1,6H2,2-4H3/t9-,10+/m1/s1. The van der Waals surface area contributed by atoms with E-state index in [-0.39, 0.29) is 0 Å². The van der Waals surface area contributed by atoms with E-state index >= 15 is 0 Å². The van der Waals surface area contributed by atoms with E-state index in [1.54, 1.807) is 6.08 Å². The van der Waals surface area contributed by atoms with Gasteiger partial charge in [-0.25, -0.2) is 0 Å². The molecule has 1 N–H and O–H groups in total. The number of hydrogen-bond donors (Lipinski definition) is 1. The molecule has 0 aliphatic carbocycles. The highest BCUT2D eigenvalue weighted by atomic mass is 16.5. The molecule has 0 radical (unpaired) electrons. The van der Waals surface area contributed by atoms with Gasteiger partial charge in [-0.3, -0.25) is 0 Å². The maximum absolute atomic E-state index is 9.64. The van der Waals surface area contributed by atoms with Gasteiger partial charge < -0.3 is 9.84 Å². The van der Waals surface area contributed by atoms with Crippen molar-refractivity contribution in [1.29, 1.82) is 0 Å². The molecular weight excluding hydrogens is 152 g/mol. The molecule has 0 saturated carbocycles. The molecule has 0 spiro atoms. The van der Waals surface area contributed by atoms with E-state index in [2.05, 4.69) is 6.58 Å². The van der Waals surface area contributed by atoms with Crippen molar-refractivity contribution in [3.8, 4) is 0 Å². The first-order chi connectivity index (χ1) is 5.49. The predicted molar refractivity (Wildman–Crippen MR) is 48.7 cm³/mol. The zero-order valence-electron chi connectivity index (χ0n) is 7.92. The van der Waals surface area contributed by atoms with Crippen LogP contribution in [-0.2, 0) is 4.74 Å². The van der Waals surface area contributed by atoms with Gasteiger partial charge in [0.1, 0.15) is 11.7 Å². The van der Waals surface area contributed by atoms with Gasteiger partial charge in [-0.05, 0) is 32.4 Å². The Bertz CT molecular complexity index is 226. The third-order valence-electron chi connectivity index (χ3n) is 2.35. The molecule has 2 nitrogen and oxygen atoms in total. The molecule has 1 heterocycles. The number of allylic oxidation sites excluding steroid dienone is 1. The lowest BCUT2D eigenvalue weighted by atomic mass is 9.99. The van der Waals surface area contributed by atoms with Gasteiger partial charge in [-0.2, -0.15) is 0 Å². The minimum atomic E-state index is -0.591. The monoisotopic (exact) mass is 168 g/mol. The van der Waals surface area contributed by atoms with Crippen molar-refractivity contribution in [2.24, 2.45) is 0 Å². The van der Waals surface area contributed by atoms with Crippen LogP contribution in [0.3, 0.4) is 0 Å². The summed E-state index contributed by atoms with van der Waals surface area (Å²) in [6.45, 7) is 9.46. The van der Waals surface area contributed by atoms with Crippen molar-refractivity contribution in [2.45, 2.75) is 38.9 Å². The van der Waals surface area contributed by atoms with E-state index in [1.165, 1.54) is 0 Å². The number of aliphatic hydroxyl groups is 1. The zero-order chi connectivity index (χ0) is 9.35. The highest BCUT2D eigenvalue weighted by Gasteiger charge is 2.40. The van der Waals surface area contributed by atoms with Gasteiger partial charge in [0, 0.05) is 6.42 Å². The van der Waals surface area contributed by atoms with E-state index < -0.39 is 11.7 Å². The van der Waals surface area contributed by atoms with Crippen molar-refractivity contribution in [3.63, 3.8) is 0 Å². The van der Waals surface area contributed by atoms with Gasteiger partial charge in [0.25, 0.3) is 0 Å². The van der Waals surface area contributed by atoms with Gasteiger partial charge in [-0.15, -0.1) is 0 Å². The molecule has 68 valence electrons. The van der Waals surface area contributed by atoms with E-state index in [9.17, 15) is 5.11 Å². The Morgan fingerprint density at radius 1 is 1.75 bits per heavy atom. The van der Waals surface area contributed by atoms with Gasteiger partial charge in [-0.1, -0.05) is 6.58 Å². The van der Waals surface area contributed by atoms with Gasteiger partial charge in [0.15, 0.2) is 0 Å². The SMILES string of the molecule is C=C[C@]1(C)OC(=C(C)C)C[C@H]1O. The van der Waals surface area contributed by atoms with Crippen LogP contribution in [0.2, 0.25) is 0 Å². The summed E-state index contributed by atoms with van der Waals surface area (Å²) >= 11 is 0. The van der Waals surface area contributed by atoms with Crippen molar-refractivity contribution < 1.29 is 9.84 Å². The maximum atomic E-state index is 9.64. The fraction of sp³-hybridized carbons (Fsp3) is 0.600. The minimum Gasteiger partial charge on any atom is -0.485 e. The molecule has 2 atom stereocenters. The smallest absolute Gasteiger partial charge is 0.150 e. The van der Waals surface area contributed by atoms with Crippen molar-refractivity contribution in [2.75, 3.05) is 0 Å². The highest BCUT2D eigenvalue weighted by Crippen LogP contribution is 2.35. The molecule has 0 unspecified atom stereocenters. The summed E-state index contributed by atoms with van der Waals surface area (Å²) < 4.78 is 5.58. The average molecular weight is 168 g/mol. The summed E-state index contributed by atoms with van der Waals surface area (Å²) in [6.07, 6.45) is 1.80. The summed E-state index contributed by atoms with van der Waals surface area (Å²) in [5.41, 5.74) is 0.534. The van der Waals surface area contributed by atoms with E-state index in [0.29, 0.717) is 6.42 Å². The second-order valence-corrected chi connectivity index (χ2v) is 3.63. The molecule has 0 aromatic rings. The lowest BCUT2D eigenvalue weighted by Crippen LogP contribution is -2.32. The predicted octanol–water partition coefficient (Wildman–Crippen LogP) is 2.01. The van der Waals surface area contributed by atoms with Crippen LogP contribution < -0.4 is 0 Å². The summed E-state index contributed by atoms with van der Waals surface area (Å²) in [5, 5.41) is 9.64. The van der Waals surface area contributed by atoms with Crippen molar-refractivity contribution in [1.82, 2.24) is 0 Å². The third kappa shape index (κ3) is 1.39. The Kier molecular flexibility index (Phi) is 2.29. The number of aliphatic hydroxyl groups excluding tert-OH is 1. The second-order valence-electron chi connectivity index (χ2n) is 3.63. The largest absolute Gasteiger partial charge is 0.485 e. The number of rotatable bonds is 1. The Balaban J connectivity index is 2.89. The Labute approximate surface area is 73.5 Å². The van der Waals surface area contributed by atoms with Crippen LogP contribution in [0, 0.1) is 0 Å². The molecule has 0 bridgehead atoms. The molecule has 1 fully saturated rings. The Morgan fingerprint density at radius 3 is 2.58 bits per heavy atom. The molecule has 1 aliphatic rings. The fourth-order valence-electron chi connectivity index (χ4n) is 1.24. The maximum Gasteiger partial charge on any atom is 0.150 e. The summed E-state index contributed by atoms with van der Waals surface area (Å²) in [5.74, 6) is 0.893. The Hall–Kier alpha value is -0.760. The van der Waals surface area contributed by atoms with E-state index in [0.717, 1.165) is 11.3 Å². The van der Waals surface area contributed by atoms with Gasteiger partial charge >= 0.3 is 0 Å². The van der Waals surface area contributed by atoms with Crippen molar-refractivity contribution >= 4 is 0 Å². The van der Waals surface area contributed by atoms with Crippen LogP contribution in [0.15, 0.2) is 24.0 Å². The van der Waals surface area contributed by atoms with Crippen molar-refractivity contribution in [3.05, 3.63) is 24.0 Å². The highest BCUT2D eigenvalue weighted by molar-refractivity contribution is 5.17. The minimum absolute atomic E-state index is 0.458. The molecule has 1 rings (SSSR count). The normalized spacial score (nSPS) is 34.7. The zero-order valence-corrected chi connectivity index (χ0v) is 7.92. The molecule has 0 aromatic carbocycles. The second kappa shape index (κ2) is 2.94. The number of ether oxygens (including phenoxy) is 1. The van der Waals surface area contributed by atoms with Crippen LogP contribution >= 0.6 is 0 Å². The summed E-state index contributed by atoms with van der Waals surface area (Å²) in [4.78, 5) is 0. The molecule has 1 saturated heterocycles. The third-order valence-corrected chi connectivity index (χ3v) is 2.35. The fourth-order valence-corrected chi connectivity index (χ4v) is 1.24. The molecule has 2 heteroatoms. The molecule has 1 aliphatic heterocycles. The van der Waals surface area contributed by atoms with E-state index in [4.69, 9.17) is 4.74 Å². The first-order valence-corrected chi connectivity index (χ1v) is 4.16. The molecule has 0 amide bonds. The molecular formula is C10H16O2. The molecule has 0 aromatic heterocycles. The van der Waals surface area contributed by atoms with Gasteiger partial charge in [0.2, 0.25) is 0 Å². The topological polar surface area (TPSA) is 29.5 Å². The van der Waals surface area contributed by atoms with Crippen LogP contribution in [0.4, 0.5) is 0 Å². The van der Waals surface area contributed by atoms with E-state index in [1.807, 2.05) is 20.8 Å². The summed E-state index contributed by atoms with van der Waals surface area (Å²) in [7, 11) is 0. The first-order valence-electron chi connectivity index (χ1n) is 4.16. The van der Waals surface area contributed by atoms with Crippen LogP contribution in [0.1, 0.15) is 27.2 Å². The quantitative estimate of drug-likeness (QED) is 0.607. The van der Waals surface area contributed by atoms with Crippen LogP contribution in [0.25, 0.3) is 0 Å².